The Bertz CT molecular complexity index is 548. The van der Waals surface area contributed by atoms with Crippen molar-refractivity contribution in [2.24, 2.45) is 11.5 Å². The molecule has 7 nitrogen and oxygen atoms in total. The molecule has 1 rings (SSSR count). The number of carbonyl (C=O) groups is 3. The number of anilines is 1. The number of nitrogens with one attached hydrogen (secondary N) is 1. The molecule has 22 heavy (non-hydrogen) atoms. The Hall–Kier alpha value is -2.09. The number of nitrogens with zero attached hydrogens (tertiary/aromatic N) is 1. The Morgan fingerprint density at radius 3 is 2.27 bits per heavy atom. The van der Waals surface area contributed by atoms with Crippen molar-refractivity contribution in [3.63, 3.8) is 0 Å². The molecule has 0 saturated heterocycles. The zero-order valence-corrected chi connectivity index (χ0v) is 13.8. The second-order valence-electron chi connectivity index (χ2n) is 4.74. The van der Waals surface area contributed by atoms with Gasteiger partial charge in [0, 0.05) is 10.2 Å². The molecular weight excluding hydrogens is 352 g/mol. The van der Waals surface area contributed by atoms with Gasteiger partial charge in [0.25, 0.3) is 0 Å². The number of carbonyl (C=O) groups excluding carboxylic acids is 3. The molecule has 0 aliphatic carbocycles. The average Bonchev–Trinajstić information content (AvgIpc) is 2.44. The first-order chi connectivity index (χ1) is 10.3. The van der Waals surface area contributed by atoms with E-state index in [9.17, 15) is 14.4 Å². The van der Waals surface area contributed by atoms with Gasteiger partial charge in [0.05, 0.1) is 0 Å². The zero-order chi connectivity index (χ0) is 16.7. The molecule has 5 N–H and O–H groups in total. The highest BCUT2D eigenvalue weighted by Crippen LogP contribution is 2.16. The van der Waals surface area contributed by atoms with Crippen molar-refractivity contribution < 1.29 is 14.4 Å². The first-order valence-electron chi connectivity index (χ1n) is 6.76. The third-order valence-electron chi connectivity index (χ3n) is 2.95. The van der Waals surface area contributed by atoms with Gasteiger partial charge in [-0.1, -0.05) is 29.3 Å². The molecular formula is C14H19BrN4O3. The number of amides is 4. The van der Waals surface area contributed by atoms with E-state index in [0.29, 0.717) is 18.5 Å². The van der Waals surface area contributed by atoms with Crippen LogP contribution in [0.15, 0.2) is 28.7 Å². The predicted octanol–water partition coefficient (Wildman–Crippen LogP) is 1.42. The topological polar surface area (TPSA) is 119 Å². The molecule has 1 aromatic carbocycles. The van der Waals surface area contributed by atoms with Crippen LogP contribution in [0.1, 0.15) is 19.8 Å². The third-order valence-corrected chi connectivity index (χ3v) is 3.48. The number of benzene rings is 1. The lowest BCUT2D eigenvalue weighted by molar-refractivity contribution is -0.124. The summed E-state index contributed by atoms with van der Waals surface area (Å²) in [4.78, 5) is 36.1. The Balaban J connectivity index is 2.93. The molecule has 0 aliphatic heterocycles. The lowest BCUT2D eigenvalue weighted by Crippen LogP contribution is -2.52. The number of halogens is 1. The number of hydrogen-bond acceptors (Lipinski definition) is 3. The summed E-state index contributed by atoms with van der Waals surface area (Å²) >= 11 is 3.29. The van der Waals surface area contributed by atoms with Crippen LogP contribution in [0.5, 0.6) is 0 Å². The smallest absolute Gasteiger partial charge is 0.323 e. The zero-order valence-electron chi connectivity index (χ0n) is 12.2. The van der Waals surface area contributed by atoms with E-state index in [0.717, 1.165) is 9.37 Å². The number of hydrogen-bond donors (Lipinski definition) is 3. The maximum absolute atomic E-state index is 12.3. The van der Waals surface area contributed by atoms with E-state index >= 15 is 0 Å². The highest BCUT2D eigenvalue weighted by atomic mass is 79.9. The Labute approximate surface area is 137 Å². The normalized spacial score (nSPS) is 11.5. The number of rotatable bonds is 7. The SMILES string of the molecule is CCC[C@@H](C(N)=O)N(CC(N)=O)C(=O)Nc1ccc(Br)cc1. The van der Waals surface area contributed by atoms with E-state index < -0.39 is 23.9 Å². The molecule has 0 unspecified atom stereocenters. The molecule has 0 fully saturated rings. The average molecular weight is 371 g/mol. The van der Waals surface area contributed by atoms with E-state index in [-0.39, 0.29) is 6.54 Å². The molecule has 0 heterocycles. The molecule has 1 atom stereocenters. The summed E-state index contributed by atoms with van der Waals surface area (Å²) in [5.74, 6) is -1.39. The fraction of sp³-hybridized carbons (Fsp3) is 0.357. The number of nitrogens with two attached hydrogens (primary N) is 2. The van der Waals surface area contributed by atoms with Crippen molar-refractivity contribution in [2.45, 2.75) is 25.8 Å². The van der Waals surface area contributed by atoms with Gasteiger partial charge in [-0.25, -0.2) is 4.79 Å². The Morgan fingerprint density at radius 1 is 1.23 bits per heavy atom. The highest BCUT2D eigenvalue weighted by Gasteiger charge is 2.28. The standard InChI is InChI=1S/C14H19BrN4O3/c1-2-3-11(13(17)21)19(8-12(16)20)14(22)18-10-6-4-9(15)5-7-10/h4-7,11H,2-3,8H2,1H3,(H2,16,20)(H2,17,21)(H,18,22)/t11-/m0/s1. The second kappa shape index (κ2) is 8.38. The second-order valence-corrected chi connectivity index (χ2v) is 5.65. The van der Waals surface area contributed by atoms with Crippen molar-refractivity contribution in [3.05, 3.63) is 28.7 Å². The molecule has 0 saturated carbocycles. The van der Waals surface area contributed by atoms with Crippen LogP contribution in [0, 0.1) is 0 Å². The Kier molecular flexibility index (Phi) is 6.84. The molecule has 120 valence electrons. The van der Waals surface area contributed by atoms with Crippen LogP contribution in [-0.4, -0.2) is 35.3 Å². The minimum absolute atomic E-state index is 0.358. The van der Waals surface area contributed by atoms with E-state index in [1.807, 2.05) is 6.92 Å². The van der Waals surface area contributed by atoms with Crippen LogP contribution < -0.4 is 16.8 Å². The van der Waals surface area contributed by atoms with Crippen molar-refractivity contribution in [1.82, 2.24) is 4.90 Å². The molecule has 0 bridgehead atoms. The van der Waals surface area contributed by atoms with Gasteiger partial charge in [-0.3, -0.25) is 9.59 Å². The maximum atomic E-state index is 12.3. The van der Waals surface area contributed by atoms with Gasteiger partial charge in [-0.15, -0.1) is 0 Å². The largest absolute Gasteiger partial charge is 0.368 e. The van der Waals surface area contributed by atoms with Crippen LogP contribution in [0.4, 0.5) is 10.5 Å². The molecule has 0 aliphatic rings. The van der Waals surface area contributed by atoms with E-state index in [4.69, 9.17) is 11.5 Å². The maximum Gasteiger partial charge on any atom is 0.323 e. The van der Waals surface area contributed by atoms with Crippen LogP contribution in [0.3, 0.4) is 0 Å². The molecule has 0 radical (unpaired) electrons. The van der Waals surface area contributed by atoms with Crippen molar-refractivity contribution in [2.75, 3.05) is 11.9 Å². The van der Waals surface area contributed by atoms with Crippen LogP contribution >= 0.6 is 15.9 Å². The van der Waals surface area contributed by atoms with Crippen LogP contribution in [0.2, 0.25) is 0 Å². The van der Waals surface area contributed by atoms with E-state index in [1.54, 1.807) is 24.3 Å². The first-order valence-corrected chi connectivity index (χ1v) is 7.55. The van der Waals surface area contributed by atoms with Gasteiger partial charge >= 0.3 is 6.03 Å². The summed E-state index contributed by atoms with van der Waals surface area (Å²) in [7, 11) is 0. The summed E-state index contributed by atoms with van der Waals surface area (Å²) in [6, 6.07) is 5.40. The van der Waals surface area contributed by atoms with E-state index in [2.05, 4.69) is 21.2 Å². The van der Waals surface area contributed by atoms with Crippen molar-refractivity contribution in [3.8, 4) is 0 Å². The lowest BCUT2D eigenvalue weighted by Gasteiger charge is -2.28. The summed E-state index contributed by atoms with van der Waals surface area (Å²) in [5, 5.41) is 2.62. The van der Waals surface area contributed by atoms with Crippen molar-refractivity contribution in [1.29, 1.82) is 0 Å². The highest BCUT2D eigenvalue weighted by molar-refractivity contribution is 9.10. The predicted molar refractivity (Wildman–Crippen MR) is 87.0 cm³/mol. The van der Waals surface area contributed by atoms with Gasteiger partial charge in [0.2, 0.25) is 11.8 Å². The summed E-state index contributed by atoms with van der Waals surface area (Å²) in [6.07, 6.45) is 0.991. The summed E-state index contributed by atoms with van der Waals surface area (Å²) in [6.45, 7) is 1.47. The van der Waals surface area contributed by atoms with E-state index in [1.165, 1.54) is 0 Å². The fourth-order valence-corrected chi connectivity index (χ4v) is 2.21. The first kappa shape index (κ1) is 18.0. The van der Waals surface area contributed by atoms with Gasteiger partial charge in [0.15, 0.2) is 0 Å². The number of urea groups is 1. The van der Waals surface area contributed by atoms with Gasteiger partial charge in [0.1, 0.15) is 12.6 Å². The third kappa shape index (κ3) is 5.36. The minimum Gasteiger partial charge on any atom is -0.368 e. The monoisotopic (exact) mass is 370 g/mol. The molecule has 4 amide bonds. The Morgan fingerprint density at radius 2 is 1.82 bits per heavy atom. The molecule has 1 aromatic rings. The summed E-state index contributed by atoms with van der Waals surface area (Å²) in [5.41, 5.74) is 11.0. The van der Waals surface area contributed by atoms with Crippen molar-refractivity contribution >= 4 is 39.5 Å². The molecule has 0 aromatic heterocycles. The fourth-order valence-electron chi connectivity index (χ4n) is 1.95. The van der Waals surface area contributed by atoms with Crippen LogP contribution in [0.25, 0.3) is 0 Å². The van der Waals surface area contributed by atoms with Gasteiger partial charge in [-0.05, 0) is 30.7 Å². The lowest BCUT2D eigenvalue weighted by atomic mass is 10.1. The van der Waals surface area contributed by atoms with Gasteiger partial charge in [-0.2, -0.15) is 0 Å². The van der Waals surface area contributed by atoms with Crippen LogP contribution in [-0.2, 0) is 9.59 Å². The summed E-state index contributed by atoms with van der Waals surface area (Å²) < 4.78 is 0.862. The molecule has 0 spiro atoms. The van der Waals surface area contributed by atoms with Gasteiger partial charge < -0.3 is 21.7 Å². The molecule has 8 heteroatoms. The minimum atomic E-state index is -0.882. The quantitative estimate of drug-likeness (QED) is 0.673. The number of primary amides is 2.